The van der Waals surface area contributed by atoms with E-state index in [-0.39, 0.29) is 24.6 Å². The van der Waals surface area contributed by atoms with Crippen LogP contribution in [0.2, 0.25) is 0 Å². The van der Waals surface area contributed by atoms with Crippen LogP contribution in [0.1, 0.15) is 18.9 Å². The largest absolute Gasteiger partial charge is 0.456 e. The summed E-state index contributed by atoms with van der Waals surface area (Å²) in [5.74, 6) is 4.17. The SMILES string of the molecule is C=C=CCCN(CC#CC(=O)OCC)S(=O)(=O)c1ccc(C)cc1. The second-order valence-electron chi connectivity index (χ2n) is 4.87. The summed E-state index contributed by atoms with van der Waals surface area (Å²) in [7, 11) is -3.70. The molecule has 0 heterocycles. The number of rotatable bonds is 7. The first-order chi connectivity index (χ1) is 11.4. The van der Waals surface area contributed by atoms with E-state index in [1.54, 1.807) is 37.3 Å². The third-order valence-corrected chi connectivity index (χ3v) is 4.91. The first-order valence-corrected chi connectivity index (χ1v) is 8.92. The minimum absolute atomic E-state index is 0.0972. The van der Waals surface area contributed by atoms with Crippen LogP contribution in [-0.4, -0.2) is 38.4 Å². The highest BCUT2D eigenvalue weighted by atomic mass is 32.2. The zero-order chi connectivity index (χ0) is 18.0. The number of benzene rings is 1. The van der Waals surface area contributed by atoms with Gasteiger partial charge >= 0.3 is 5.97 Å². The standard InChI is InChI=1S/C18H21NO4S/c1-4-6-7-14-19(15-8-9-18(20)23-5-2)24(21,22)17-12-10-16(3)11-13-17/h6,10-13H,1,5,7,14-15H2,2-3H3. The molecule has 1 aromatic rings. The Morgan fingerprint density at radius 3 is 2.58 bits per heavy atom. The van der Waals surface area contributed by atoms with Crippen molar-refractivity contribution in [1.29, 1.82) is 0 Å². The molecule has 0 aliphatic carbocycles. The lowest BCUT2D eigenvalue weighted by atomic mass is 10.2. The van der Waals surface area contributed by atoms with Gasteiger partial charge in [-0.25, -0.2) is 13.2 Å². The van der Waals surface area contributed by atoms with Crippen molar-refractivity contribution in [3.63, 3.8) is 0 Å². The van der Waals surface area contributed by atoms with Crippen LogP contribution >= 0.6 is 0 Å². The molecule has 0 saturated carbocycles. The molecule has 0 spiro atoms. The summed E-state index contributed by atoms with van der Waals surface area (Å²) in [4.78, 5) is 11.4. The van der Waals surface area contributed by atoms with Gasteiger partial charge in [-0.15, -0.1) is 5.73 Å². The molecule has 0 fully saturated rings. The molecule has 0 unspecified atom stereocenters. The number of carbonyl (C=O) groups is 1. The molecule has 128 valence electrons. The van der Waals surface area contributed by atoms with Gasteiger partial charge in [0.25, 0.3) is 0 Å². The van der Waals surface area contributed by atoms with Crippen molar-refractivity contribution < 1.29 is 17.9 Å². The van der Waals surface area contributed by atoms with E-state index in [9.17, 15) is 13.2 Å². The van der Waals surface area contributed by atoms with Crippen molar-refractivity contribution in [1.82, 2.24) is 4.31 Å². The van der Waals surface area contributed by atoms with Gasteiger partial charge in [0.05, 0.1) is 18.0 Å². The highest BCUT2D eigenvalue weighted by Gasteiger charge is 2.23. The zero-order valence-electron chi connectivity index (χ0n) is 13.9. The maximum absolute atomic E-state index is 12.7. The van der Waals surface area contributed by atoms with E-state index in [0.29, 0.717) is 6.42 Å². The lowest BCUT2D eigenvalue weighted by Crippen LogP contribution is -2.32. The predicted molar refractivity (Wildman–Crippen MR) is 92.7 cm³/mol. The minimum atomic E-state index is -3.70. The topological polar surface area (TPSA) is 63.7 Å². The Balaban J connectivity index is 3.00. The van der Waals surface area contributed by atoms with Gasteiger partial charge in [0.15, 0.2) is 0 Å². The Kier molecular flexibility index (Phi) is 8.00. The molecule has 0 radical (unpaired) electrons. The van der Waals surface area contributed by atoms with Gasteiger partial charge in [0.2, 0.25) is 10.0 Å². The fourth-order valence-electron chi connectivity index (χ4n) is 1.82. The number of sulfonamides is 1. The molecule has 1 aromatic carbocycles. The van der Waals surface area contributed by atoms with Crippen LogP contribution in [0.3, 0.4) is 0 Å². The molecular formula is C18H21NO4S. The van der Waals surface area contributed by atoms with Crippen LogP contribution in [0.4, 0.5) is 0 Å². The maximum atomic E-state index is 12.7. The molecule has 0 N–H and O–H groups in total. The van der Waals surface area contributed by atoms with E-state index in [4.69, 9.17) is 4.74 Å². The third-order valence-electron chi connectivity index (χ3n) is 3.05. The molecule has 0 aromatic heterocycles. The quantitative estimate of drug-likeness (QED) is 0.329. The van der Waals surface area contributed by atoms with E-state index in [2.05, 4.69) is 24.2 Å². The molecular weight excluding hydrogens is 326 g/mol. The van der Waals surface area contributed by atoms with Gasteiger partial charge in [0.1, 0.15) is 0 Å². The fraction of sp³-hybridized carbons (Fsp3) is 0.333. The Morgan fingerprint density at radius 2 is 2.00 bits per heavy atom. The molecule has 0 aliphatic rings. The molecule has 0 saturated heterocycles. The number of nitrogens with zero attached hydrogens (tertiary/aromatic N) is 1. The van der Waals surface area contributed by atoms with E-state index in [0.717, 1.165) is 5.56 Å². The molecule has 0 bridgehead atoms. The maximum Gasteiger partial charge on any atom is 0.384 e. The van der Waals surface area contributed by atoms with Crippen molar-refractivity contribution in [2.24, 2.45) is 0 Å². The summed E-state index contributed by atoms with van der Waals surface area (Å²) in [6.45, 7) is 7.36. The minimum Gasteiger partial charge on any atom is -0.456 e. The van der Waals surface area contributed by atoms with Crippen molar-refractivity contribution in [2.75, 3.05) is 19.7 Å². The molecule has 1 rings (SSSR count). The number of hydrogen-bond acceptors (Lipinski definition) is 4. The van der Waals surface area contributed by atoms with Gasteiger partial charge in [-0.1, -0.05) is 30.2 Å². The number of esters is 1. The molecule has 0 aliphatic heterocycles. The van der Waals surface area contributed by atoms with Crippen LogP contribution in [0, 0.1) is 18.8 Å². The number of carbonyl (C=O) groups excluding carboxylic acids is 1. The molecule has 6 heteroatoms. The van der Waals surface area contributed by atoms with Crippen molar-refractivity contribution in [2.45, 2.75) is 25.2 Å². The van der Waals surface area contributed by atoms with E-state index in [1.165, 1.54) is 4.31 Å². The Hall–Kier alpha value is -2.32. The van der Waals surface area contributed by atoms with Crippen molar-refractivity contribution >= 4 is 16.0 Å². The Morgan fingerprint density at radius 1 is 1.33 bits per heavy atom. The van der Waals surface area contributed by atoms with Crippen LogP contribution in [0.25, 0.3) is 0 Å². The van der Waals surface area contributed by atoms with Crippen LogP contribution in [0.15, 0.2) is 47.5 Å². The summed E-state index contributed by atoms with van der Waals surface area (Å²) in [6.07, 6.45) is 2.10. The second-order valence-corrected chi connectivity index (χ2v) is 6.81. The summed E-state index contributed by atoms with van der Waals surface area (Å²) in [5, 5.41) is 0. The van der Waals surface area contributed by atoms with E-state index >= 15 is 0 Å². The first-order valence-electron chi connectivity index (χ1n) is 7.48. The summed E-state index contributed by atoms with van der Waals surface area (Å²) in [6, 6.07) is 6.58. The monoisotopic (exact) mass is 347 g/mol. The Labute approximate surface area is 143 Å². The molecule has 5 nitrogen and oxygen atoms in total. The highest BCUT2D eigenvalue weighted by Crippen LogP contribution is 2.16. The normalized spacial score (nSPS) is 10.5. The highest BCUT2D eigenvalue weighted by molar-refractivity contribution is 7.89. The zero-order valence-corrected chi connectivity index (χ0v) is 14.7. The van der Waals surface area contributed by atoms with Crippen LogP contribution in [-0.2, 0) is 19.6 Å². The number of hydrogen-bond donors (Lipinski definition) is 0. The van der Waals surface area contributed by atoms with Crippen molar-refractivity contribution in [3.8, 4) is 11.8 Å². The van der Waals surface area contributed by atoms with E-state index < -0.39 is 16.0 Å². The van der Waals surface area contributed by atoms with Crippen LogP contribution in [0.5, 0.6) is 0 Å². The number of ether oxygens (including phenoxy) is 1. The lowest BCUT2D eigenvalue weighted by Gasteiger charge is -2.19. The van der Waals surface area contributed by atoms with Crippen LogP contribution < -0.4 is 0 Å². The summed E-state index contributed by atoms with van der Waals surface area (Å²) >= 11 is 0. The average molecular weight is 347 g/mol. The fourth-order valence-corrected chi connectivity index (χ4v) is 3.18. The summed E-state index contributed by atoms with van der Waals surface area (Å²) < 4.78 is 31.4. The molecule has 24 heavy (non-hydrogen) atoms. The van der Waals surface area contributed by atoms with Gasteiger partial charge in [-0.3, -0.25) is 0 Å². The van der Waals surface area contributed by atoms with Crippen molar-refractivity contribution in [3.05, 3.63) is 48.2 Å². The van der Waals surface area contributed by atoms with Gasteiger partial charge in [-0.2, -0.15) is 4.31 Å². The van der Waals surface area contributed by atoms with Gasteiger partial charge in [0, 0.05) is 12.5 Å². The molecule has 0 atom stereocenters. The lowest BCUT2D eigenvalue weighted by molar-refractivity contribution is -0.136. The van der Waals surface area contributed by atoms with Gasteiger partial charge in [-0.05, 0) is 38.5 Å². The van der Waals surface area contributed by atoms with E-state index in [1.807, 2.05) is 6.92 Å². The Bertz CT molecular complexity index is 763. The third kappa shape index (κ3) is 6.05. The predicted octanol–water partition coefficient (Wildman–Crippen LogP) is 2.28. The number of aryl methyl sites for hydroxylation is 1. The van der Waals surface area contributed by atoms with Gasteiger partial charge < -0.3 is 4.74 Å². The average Bonchev–Trinajstić information content (AvgIpc) is 2.54. The first kappa shape index (κ1) is 19.7. The smallest absolute Gasteiger partial charge is 0.384 e. The molecule has 0 amide bonds. The second kappa shape index (κ2) is 9.74. The summed E-state index contributed by atoms with van der Waals surface area (Å²) in [5.41, 5.74) is 3.58.